The number of nitrogens with one attached hydrogen (secondary N) is 2. The van der Waals surface area contributed by atoms with E-state index < -0.39 is 12.0 Å². The largest absolute Gasteiger partial charge is 0.493 e. The third-order valence-electron chi connectivity index (χ3n) is 5.39. The van der Waals surface area contributed by atoms with Crippen LogP contribution in [-0.2, 0) is 16.1 Å². The van der Waals surface area contributed by atoms with Gasteiger partial charge < -0.3 is 24.8 Å². The molecule has 0 radical (unpaired) electrons. The van der Waals surface area contributed by atoms with Crippen LogP contribution in [0.15, 0.2) is 84.4 Å². The molecule has 0 fully saturated rings. The molecule has 0 saturated carbocycles. The summed E-state index contributed by atoms with van der Waals surface area (Å²) >= 11 is 5.48. The summed E-state index contributed by atoms with van der Waals surface area (Å²) in [6.07, 6.45) is 0. The van der Waals surface area contributed by atoms with Crippen LogP contribution in [0.25, 0.3) is 5.70 Å². The van der Waals surface area contributed by atoms with Gasteiger partial charge in [0, 0.05) is 0 Å². The number of thiocarbonyl (C=S) groups is 1. The zero-order valence-electron chi connectivity index (χ0n) is 19.0. The van der Waals surface area contributed by atoms with Gasteiger partial charge in [0.2, 0.25) is 0 Å². The Morgan fingerprint density at radius 2 is 1.68 bits per heavy atom. The minimum atomic E-state index is -0.528. The lowest BCUT2D eigenvalue weighted by atomic mass is 9.92. The lowest BCUT2D eigenvalue weighted by molar-refractivity contribution is -0.138. The molecule has 3 aromatic rings. The highest BCUT2D eigenvalue weighted by Gasteiger charge is 2.33. The number of carbonyl (C=O) groups is 1. The first-order valence-corrected chi connectivity index (χ1v) is 11.4. The van der Waals surface area contributed by atoms with Crippen molar-refractivity contribution < 1.29 is 19.0 Å². The Morgan fingerprint density at radius 3 is 2.35 bits per heavy atom. The first-order valence-electron chi connectivity index (χ1n) is 11.0. The molecule has 4 rings (SSSR count). The smallest absolute Gasteiger partial charge is 0.338 e. The summed E-state index contributed by atoms with van der Waals surface area (Å²) in [5.74, 6) is 0.748. The van der Waals surface area contributed by atoms with Gasteiger partial charge in [-0.05, 0) is 48.0 Å². The second-order valence-corrected chi connectivity index (χ2v) is 8.00. The van der Waals surface area contributed by atoms with Gasteiger partial charge in [-0.3, -0.25) is 0 Å². The molecule has 1 aliphatic rings. The quantitative estimate of drug-likeness (QED) is 0.360. The summed E-state index contributed by atoms with van der Waals surface area (Å²) in [4.78, 5) is 13.1. The summed E-state index contributed by atoms with van der Waals surface area (Å²) in [5.41, 5.74) is 3.76. The number of rotatable bonds is 8. The van der Waals surface area contributed by atoms with Crippen molar-refractivity contribution in [2.45, 2.75) is 19.6 Å². The molecule has 1 heterocycles. The number of benzene rings is 3. The van der Waals surface area contributed by atoms with E-state index >= 15 is 0 Å². The fraction of sp³-hybridized carbons (Fsp3) is 0.185. The van der Waals surface area contributed by atoms with E-state index in [1.165, 1.54) is 0 Å². The molecule has 0 aromatic heterocycles. The molecule has 34 heavy (non-hydrogen) atoms. The molecule has 0 amide bonds. The van der Waals surface area contributed by atoms with Gasteiger partial charge in [0.15, 0.2) is 16.6 Å². The van der Waals surface area contributed by atoms with E-state index in [1.54, 1.807) is 14.0 Å². The van der Waals surface area contributed by atoms with Crippen LogP contribution in [-0.4, -0.2) is 24.8 Å². The predicted octanol–water partition coefficient (Wildman–Crippen LogP) is 4.77. The lowest BCUT2D eigenvalue weighted by Gasteiger charge is -2.31. The van der Waals surface area contributed by atoms with Crippen LogP contribution in [0, 0.1) is 0 Å². The highest BCUT2D eigenvalue weighted by atomic mass is 32.1. The van der Waals surface area contributed by atoms with Gasteiger partial charge in [-0.25, -0.2) is 4.79 Å². The maximum atomic E-state index is 13.1. The van der Waals surface area contributed by atoms with Crippen LogP contribution in [0.4, 0.5) is 0 Å². The molecule has 3 aromatic carbocycles. The minimum Gasteiger partial charge on any atom is -0.493 e. The molecular formula is C27H26N2O4S. The number of ether oxygens (including phenoxy) is 3. The third-order valence-corrected chi connectivity index (χ3v) is 5.61. The fourth-order valence-electron chi connectivity index (χ4n) is 3.79. The summed E-state index contributed by atoms with van der Waals surface area (Å²) in [6, 6.07) is 24.6. The fourth-order valence-corrected chi connectivity index (χ4v) is 4.01. The molecule has 0 spiro atoms. The zero-order valence-corrected chi connectivity index (χ0v) is 19.9. The summed E-state index contributed by atoms with van der Waals surface area (Å²) in [7, 11) is 1.59. The number of carbonyl (C=O) groups excluding carboxylic acids is 1. The maximum Gasteiger partial charge on any atom is 0.338 e. The van der Waals surface area contributed by atoms with Gasteiger partial charge >= 0.3 is 5.97 Å². The minimum absolute atomic E-state index is 0.261. The zero-order chi connectivity index (χ0) is 23.9. The Labute approximate surface area is 204 Å². The lowest BCUT2D eigenvalue weighted by Crippen LogP contribution is -2.45. The number of hydrogen-bond acceptors (Lipinski definition) is 5. The Hall–Kier alpha value is -3.84. The molecule has 0 aliphatic carbocycles. The van der Waals surface area contributed by atoms with Crippen molar-refractivity contribution in [1.29, 1.82) is 0 Å². The van der Waals surface area contributed by atoms with E-state index in [9.17, 15) is 4.79 Å². The maximum absolute atomic E-state index is 13.1. The highest BCUT2D eigenvalue weighted by molar-refractivity contribution is 7.80. The van der Waals surface area contributed by atoms with Crippen LogP contribution in [0.5, 0.6) is 11.5 Å². The van der Waals surface area contributed by atoms with Crippen LogP contribution in [0.3, 0.4) is 0 Å². The molecule has 1 atom stereocenters. The predicted molar refractivity (Wildman–Crippen MR) is 135 cm³/mol. The van der Waals surface area contributed by atoms with Gasteiger partial charge in [-0.1, -0.05) is 66.7 Å². The molecule has 6 nitrogen and oxygen atoms in total. The molecule has 0 bridgehead atoms. The summed E-state index contributed by atoms with van der Waals surface area (Å²) < 4.78 is 17.0. The van der Waals surface area contributed by atoms with Crippen molar-refractivity contribution in [3.05, 3.63) is 101 Å². The van der Waals surface area contributed by atoms with Crippen LogP contribution >= 0.6 is 12.2 Å². The molecule has 1 unspecified atom stereocenters. The number of methoxy groups -OCH3 is 1. The Balaban J connectivity index is 1.71. The van der Waals surface area contributed by atoms with Crippen molar-refractivity contribution in [2.75, 3.05) is 13.7 Å². The summed E-state index contributed by atoms with van der Waals surface area (Å²) in [5, 5.41) is 6.78. The Morgan fingerprint density at radius 1 is 0.971 bits per heavy atom. The molecule has 2 N–H and O–H groups in total. The molecule has 1 aliphatic heterocycles. The highest BCUT2D eigenvalue weighted by Crippen LogP contribution is 2.36. The van der Waals surface area contributed by atoms with Gasteiger partial charge in [-0.2, -0.15) is 0 Å². The van der Waals surface area contributed by atoms with E-state index in [0.717, 1.165) is 16.7 Å². The van der Waals surface area contributed by atoms with Crippen LogP contribution in [0.2, 0.25) is 0 Å². The van der Waals surface area contributed by atoms with E-state index in [-0.39, 0.29) is 6.61 Å². The first kappa shape index (κ1) is 23.3. The van der Waals surface area contributed by atoms with E-state index in [1.807, 2.05) is 78.9 Å². The number of esters is 1. The second-order valence-electron chi connectivity index (χ2n) is 7.59. The van der Waals surface area contributed by atoms with E-state index in [4.69, 9.17) is 26.4 Å². The average Bonchev–Trinajstić information content (AvgIpc) is 2.88. The topological polar surface area (TPSA) is 68.8 Å². The second kappa shape index (κ2) is 10.9. The normalized spacial score (nSPS) is 15.2. The summed E-state index contributed by atoms with van der Waals surface area (Å²) in [6.45, 7) is 2.46. The SMILES string of the molecule is CCOC(=O)C1=C(c2ccccc2)NC(=S)NC1c1ccc(OCc2ccccc2)c(OC)c1. The van der Waals surface area contributed by atoms with Crippen molar-refractivity contribution >= 4 is 29.0 Å². The van der Waals surface area contributed by atoms with Crippen LogP contribution in [0.1, 0.15) is 29.7 Å². The molecule has 0 saturated heterocycles. The monoisotopic (exact) mass is 474 g/mol. The standard InChI is InChI=1S/C27H26N2O4S/c1-3-32-26(30)23-24(19-12-8-5-9-13-19)28-27(34)29-25(23)20-14-15-21(22(16-20)31-2)33-17-18-10-6-4-7-11-18/h4-16,25H,3,17H2,1-2H3,(H2,28,29,34). The van der Waals surface area contributed by atoms with Crippen molar-refractivity contribution in [2.24, 2.45) is 0 Å². The van der Waals surface area contributed by atoms with Gasteiger partial charge in [-0.15, -0.1) is 0 Å². The van der Waals surface area contributed by atoms with E-state index in [2.05, 4.69) is 10.6 Å². The molecule has 174 valence electrons. The van der Waals surface area contributed by atoms with E-state index in [0.29, 0.717) is 34.5 Å². The van der Waals surface area contributed by atoms with Crippen molar-refractivity contribution in [3.63, 3.8) is 0 Å². The van der Waals surface area contributed by atoms with Crippen molar-refractivity contribution in [1.82, 2.24) is 10.6 Å². The van der Waals surface area contributed by atoms with Gasteiger partial charge in [0.05, 0.1) is 31.0 Å². The van der Waals surface area contributed by atoms with Gasteiger partial charge in [0.25, 0.3) is 0 Å². The Kier molecular flexibility index (Phi) is 7.44. The van der Waals surface area contributed by atoms with Crippen molar-refractivity contribution in [3.8, 4) is 11.5 Å². The molecule has 7 heteroatoms. The average molecular weight is 475 g/mol. The van der Waals surface area contributed by atoms with Gasteiger partial charge in [0.1, 0.15) is 6.61 Å². The molecular weight excluding hydrogens is 448 g/mol. The first-order chi connectivity index (χ1) is 16.6. The van der Waals surface area contributed by atoms with Crippen LogP contribution < -0.4 is 20.1 Å². The Bertz CT molecular complexity index is 1200. The third kappa shape index (κ3) is 5.21. The number of hydrogen-bond donors (Lipinski definition) is 2.